The molecule has 4 aromatic rings. The Balaban J connectivity index is 1.63. The van der Waals surface area contributed by atoms with Crippen molar-refractivity contribution >= 4 is 34.1 Å². The number of nitrogens with one attached hydrogen (secondary N) is 1. The number of amides is 1. The molecule has 1 aromatic carbocycles. The van der Waals surface area contributed by atoms with E-state index >= 15 is 0 Å². The number of carbonyl (C=O) groups is 1. The Morgan fingerprint density at radius 3 is 2.72 bits per heavy atom. The molecule has 3 aromatic heterocycles. The van der Waals surface area contributed by atoms with Gasteiger partial charge in [0.15, 0.2) is 11.1 Å². The van der Waals surface area contributed by atoms with Crippen molar-refractivity contribution in [1.29, 1.82) is 0 Å². The molecule has 0 aliphatic carbocycles. The van der Waals surface area contributed by atoms with Crippen molar-refractivity contribution in [1.82, 2.24) is 23.9 Å². The van der Waals surface area contributed by atoms with E-state index in [4.69, 9.17) is 9.15 Å². The fourth-order valence-electron chi connectivity index (χ4n) is 3.16. The van der Waals surface area contributed by atoms with Gasteiger partial charge in [0.25, 0.3) is 5.56 Å². The number of nitrogens with zero attached hydrogens (tertiary/aromatic N) is 5. The van der Waals surface area contributed by atoms with Crippen molar-refractivity contribution in [3.63, 3.8) is 0 Å². The van der Waals surface area contributed by atoms with E-state index in [-0.39, 0.29) is 18.1 Å². The van der Waals surface area contributed by atoms with Gasteiger partial charge in [0.1, 0.15) is 17.8 Å². The first-order chi connectivity index (χ1) is 13.8. The van der Waals surface area contributed by atoms with Crippen molar-refractivity contribution in [2.45, 2.75) is 13.5 Å². The van der Waals surface area contributed by atoms with Crippen LogP contribution >= 0.6 is 0 Å². The zero-order valence-corrected chi connectivity index (χ0v) is 16.2. The van der Waals surface area contributed by atoms with Crippen LogP contribution in [0.3, 0.4) is 0 Å². The first-order valence-electron chi connectivity index (χ1n) is 8.66. The first kappa shape index (κ1) is 18.5. The molecule has 0 aliphatic heterocycles. The van der Waals surface area contributed by atoms with Gasteiger partial charge in [0.2, 0.25) is 5.91 Å². The number of fused-ring (bicyclic) bond motifs is 2. The van der Waals surface area contributed by atoms with Crippen molar-refractivity contribution in [3.8, 4) is 5.75 Å². The van der Waals surface area contributed by atoms with Crippen LogP contribution < -0.4 is 21.3 Å². The van der Waals surface area contributed by atoms with Crippen LogP contribution in [-0.4, -0.2) is 36.9 Å². The molecule has 11 heteroatoms. The molecule has 1 amide bonds. The number of anilines is 1. The minimum Gasteiger partial charge on any atom is -0.496 e. The number of aryl methyl sites for hydroxylation is 2. The maximum Gasteiger partial charge on any atom is 0.331 e. The van der Waals surface area contributed by atoms with E-state index in [1.54, 1.807) is 19.2 Å². The van der Waals surface area contributed by atoms with Gasteiger partial charge in [-0.05, 0) is 18.6 Å². The van der Waals surface area contributed by atoms with Crippen molar-refractivity contribution < 1.29 is 13.9 Å². The summed E-state index contributed by atoms with van der Waals surface area (Å²) in [5, 5.41) is 6.63. The second kappa shape index (κ2) is 6.62. The number of hydrogen-bond acceptors (Lipinski definition) is 7. The summed E-state index contributed by atoms with van der Waals surface area (Å²) in [7, 11) is 4.46. The predicted octanol–water partition coefficient (Wildman–Crippen LogP) is 0.531. The van der Waals surface area contributed by atoms with Crippen LogP contribution in [-0.2, 0) is 25.4 Å². The van der Waals surface area contributed by atoms with Gasteiger partial charge in [0, 0.05) is 20.2 Å². The predicted molar refractivity (Wildman–Crippen MR) is 104 cm³/mol. The largest absolute Gasteiger partial charge is 0.496 e. The number of rotatable bonds is 4. The molecule has 0 spiro atoms. The lowest BCUT2D eigenvalue weighted by atomic mass is 10.2. The van der Waals surface area contributed by atoms with E-state index in [1.807, 2.05) is 6.92 Å². The monoisotopic (exact) mass is 398 g/mol. The molecule has 0 fully saturated rings. The summed E-state index contributed by atoms with van der Waals surface area (Å²) >= 11 is 0. The molecular weight excluding hydrogens is 380 g/mol. The minimum atomic E-state index is -0.530. The van der Waals surface area contributed by atoms with Gasteiger partial charge in [-0.3, -0.25) is 24.0 Å². The van der Waals surface area contributed by atoms with E-state index in [2.05, 4.69) is 15.4 Å². The second-order valence-electron chi connectivity index (χ2n) is 6.60. The Morgan fingerprint density at radius 1 is 1.24 bits per heavy atom. The molecular formula is C18H18N6O5. The van der Waals surface area contributed by atoms with Gasteiger partial charge in [-0.25, -0.2) is 9.48 Å². The van der Waals surface area contributed by atoms with Crippen LogP contribution in [0.1, 0.15) is 5.56 Å². The van der Waals surface area contributed by atoms with Crippen LogP contribution in [0.4, 0.5) is 6.01 Å². The maximum atomic E-state index is 12.5. The molecule has 1 N–H and O–H groups in total. The lowest BCUT2D eigenvalue weighted by Crippen LogP contribution is -2.37. The molecule has 4 rings (SSSR count). The molecule has 0 saturated carbocycles. The normalized spacial score (nSPS) is 11.3. The SMILES string of the molecule is COc1cc2nc(NC(=O)Cn3ncc4c3c(=O)n(C)c(=O)n4C)oc2cc1C. The zero-order chi connectivity index (χ0) is 20.9. The first-order valence-corrected chi connectivity index (χ1v) is 8.66. The Labute approximate surface area is 163 Å². The summed E-state index contributed by atoms with van der Waals surface area (Å²) in [6.07, 6.45) is 1.37. The lowest BCUT2D eigenvalue weighted by molar-refractivity contribution is -0.117. The Bertz CT molecular complexity index is 1390. The summed E-state index contributed by atoms with van der Waals surface area (Å²) in [5.41, 5.74) is 1.42. The Kier molecular flexibility index (Phi) is 4.22. The van der Waals surface area contributed by atoms with Crippen molar-refractivity contribution in [3.05, 3.63) is 44.7 Å². The topological polar surface area (TPSA) is 126 Å². The molecule has 150 valence electrons. The van der Waals surface area contributed by atoms with Crippen LogP contribution in [0.15, 0.2) is 32.3 Å². The highest BCUT2D eigenvalue weighted by atomic mass is 16.5. The fraction of sp³-hybridized carbons (Fsp3) is 0.278. The summed E-state index contributed by atoms with van der Waals surface area (Å²) in [4.78, 5) is 41.2. The van der Waals surface area contributed by atoms with Crippen molar-refractivity contribution in [2.75, 3.05) is 12.4 Å². The van der Waals surface area contributed by atoms with E-state index in [0.29, 0.717) is 22.4 Å². The molecule has 0 unspecified atom stereocenters. The van der Waals surface area contributed by atoms with Gasteiger partial charge in [0.05, 0.1) is 18.8 Å². The highest BCUT2D eigenvalue weighted by Crippen LogP contribution is 2.27. The molecule has 0 radical (unpaired) electrons. The third-order valence-corrected chi connectivity index (χ3v) is 4.71. The van der Waals surface area contributed by atoms with Crippen LogP contribution in [0.25, 0.3) is 22.1 Å². The number of hydrogen-bond donors (Lipinski definition) is 1. The summed E-state index contributed by atoms with van der Waals surface area (Å²) in [6.45, 7) is 1.62. The van der Waals surface area contributed by atoms with Gasteiger partial charge in [-0.1, -0.05) is 0 Å². The number of aromatic nitrogens is 5. The van der Waals surface area contributed by atoms with Gasteiger partial charge in [-0.2, -0.15) is 10.1 Å². The molecule has 3 heterocycles. The standard InChI is InChI=1S/C18H18N6O5/c1-9-5-13-10(6-12(9)28-4)20-17(29-13)21-14(25)8-24-15-11(7-19-24)22(2)18(27)23(3)16(15)26/h5-7H,8H2,1-4H3,(H,20,21,25). The number of oxazole rings is 1. The molecule has 0 saturated heterocycles. The highest BCUT2D eigenvalue weighted by molar-refractivity contribution is 5.91. The van der Waals surface area contributed by atoms with E-state index in [0.717, 1.165) is 10.1 Å². The zero-order valence-electron chi connectivity index (χ0n) is 16.2. The summed E-state index contributed by atoms with van der Waals surface area (Å²) < 4.78 is 14.3. The van der Waals surface area contributed by atoms with Gasteiger partial charge >= 0.3 is 11.7 Å². The van der Waals surface area contributed by atoms with Gasteiger partial charge in [-0.15, -0.1) is 0 Å². The lowest BCUT2D eigenvalue weighted by Gasteiger charge is -2.06. The molecule has 11 nitrogen and oxygen atoms in total. The fourth-order valence-corrected chi connectivity index (χ4v) is 3.16. The average molecular weight is 398 g/mol. The van der Waals surface area contributed by atoms with E-state index < -0.39 is 17.2 Å². The quantitative estimate of drug-likeness (QED) is 0.531. The van der Waals surface area contributed by atoms with E-state index in [1.165, 1.54) is 29.5 Å². The molecule has 0 atom stereocenters. The molecule has 29 heavy (non-hydrogen) atoms. The maximum absolute atomic E-state index is 12.5. The third-order valence-electron chi connectivity index (χ3n) is 4.71. The average Bonchev–Trinajstić information content (AvgIpc) is 3.27. The van der Waals surface area contributed by atoms with Crippen LogP contribution in [0.5, 0.6) is 5.75 Å². The smallest absolute Gasteiger partial charge is 0.331 e. The van der Waals surface area contributed by atoms with Crippen molar-refractivity contribution in [2.24, 2.45) is 14.1 Å². The third kappa shape index (κ3) is 2.96. The van der Waals surface area contributed by atoms with Crippen LogP contribution in [0.2, 0.25) is 0 Å². The molecule has 0 bridgehead atoms. The number of benzene rings is 1. The Morgan fingerprint density at radius 2 is 2.00 bits per heavy atom. The summed E-state index contributed by atoms with van der Waals surface area (Å²) in [5.74, 6) is 0.175. The second-order valence-corrected chi connectivity index (χ2v) is 6.60. The Hall–Kier alpha value is -3.89. The van der Waals surface area contributed by atoms with Gasteiger partial charge < -0.3 is 9.15 Å². The number of methoxy groups -OCH3 is 1. The minimum absolute atomic E-state index is 0.0226. The molecule has 0 aliphatic rings. The van der Waals surface area contributed by atoms with Crippen LogP contribution in [0, 0.1) is 6.92 Å². The highest BCUT2D eigenvalue weighted by Gasteiger charge is 2.17. The number of ether oxygens (including phenoxy) is 1. The summed E-state index contributed by atoms with van der Waals surface area (Å²) in [6, 6.07) is 3.51. The van der Waals surface area contributed by atoms with E-state index in [9.17, 15) is 14.4 Å². The number of carbonyl (C=O) groups excluding carboxylic acids is 1.